The molecule has 0 aliphatic rings. The summed E-state index contributed by atoms with van der Waals surface area (Å²) in [6, 6.07) is 0.155. The number of ether oxygens (including phenoxy) is 1. The molecule has 0 aliphatic carbocycles. The number of rotatable bonds is 4. The summed E-state index contributed by atoms with van der Waals surface area (Å²) >= 11 is 3.70. The monoisotopic (exact) mass is 328 g/mol. The Kier molecular flexibility index (Phi) is 5.42. The summed E-state index contributed by atoms with van der Waals surface area (Å²) in [5, 5.41) is 0. The van der Waals surface area contributed by atoms with Gasteiger partial charge in [-0.3, -0.25) is 0 Å². The lowest BCUT2D eigenvalue weighted by molar-refractivity contribution is 0.256. The predicted molar refractivity (Wildman–Crippen MR) is 85.0 cm³/mol. The Morgan fingerprint density at radius 3 is 2.00 bits per heavy atom. The minimum atomic E-state index is 0.0246. The minimum Gasteiger partial charge on any atom is -0.496 e. The highest BCUT2D eigenvalue weighted by Gasteiger charge is 2.27. The van der Waals surface area contributed by atoms with E-state index in [-0.39, 0.29) is 12.1 Å². The van der Waals surface area contributed by atoms with Gasteiger partial charge in [-0.2, -0.15) is 0 Å². The van der Waals surface area contributed by atoms with E-state index in [0.29, 0.717) is 0 Å². The van der Waals surface area contributed by atoms with Gasteiger partial charge < -0.3 is 15.4 Å². The van der Waals surface area contributed by atoms with Crippen LogP contribution in [0.3, 0.4) is 0 Å². The van der Waals surface area contributed by atoms with Crippen molar-refractivity contribution in [2.75, 3.05) is 21.2 Å². The molecular weight excluding hydrogens is 304 g/mol. The zero-order valence-corrected chi connectivity index (χ0v) is 14.6. The first-order valence-corrected chi connectivity index (χ1v) is 7.28. The van der Waals surface area contributed by atoms with Gasteiger partial charge >= 0.3 is 0 Å². The maximum atomic E-state index is 6.19. The Morgan fingerprint density at radius 1 is 1.11 bits per heavy atom. The summed E-state index contributed by atoms with van der Waals surface area (Å²) in [4.78, 5) is 2.15. The molecule has 2 unspecified atom stereocenters. The fourth-order valence-electron chi connectivity index (χ4n) is 2.72. The molecule has 0 saturated heterocycles. The summed E-state index contributed by atoms with van der Waals surface area (Å²) in [7, 11) is 5.83. The molecule has 0 spiro atoms. The molecule has 2 atom stereocenters. The number of hydrogen-bond donors (Lipinski definition) is 1. The normalized spacial score (nSPS) is 14.6. The van der Waals surface area contributed by atoms with E-state index < -0.39 is 0 Å². The number of halogens is 1. The molecule has 0 bridgehead atoms. The highest BCUT2D eigenvalue weighted by molar-refractivity contribution is 9.10. The standard InChI is InChI=1S/C15H25BrN2O/c1-8-9(2)15(19-7)12(10(3)13(8)16)14(11(4)17)18(5)6/h11,14H,17H2,1-7H3. The first kappa shape index (κ1) is 16.5. The van der Waals surface area contributed by atoms with E-state index in [9.17, 15) is 0 Å². The Labute approximate surface area is 125 Å². The van der Waals surface area contributed by atoms with Crippen LogP contribution in [0.1, 0.15) is 35.2 Å². The molecular formula is C15H25BrN2O. The second-order valence-corrected chi connectivity index (χ2v) is 6.20. The number of methoxy groups -OCH3 is 1. The van der Waals surface area contributed by atoms with Crippen molar-refractivity contribution in [3.63, 3.8) is 0 Å². The second-order valence-electron chi connectivity index (χ2n) is 5.40. The first-order valence-electron chi connectivity index (χ1n) is 6.49. The Balaban J connectivity index is 3.66. The minimum absolute atomic E-state index is 0.0246. The molecule has 1 rings (SSSR count). The number of benzene rings is 1. The van der Waals surface area contributed by atoms with Gasteiger partial charge in [-0.05, 0) is 58.5 Å². The molecule has 19 heavy (non-hydrogen) atoms. The van der Waals surface area contributed by atoms with Crippen LogP contribution < -0.4 is 10.5 Å². The Bertz CT molecular complexity index is 462. The second kappa shape index (κ2) is 6.25. The van der Waals surface area contributed by atoms with Gasteiger partial charge in [0.1, 0.15) is 5.75 Å². The Hall–Kier alpha value is -0.580. The molecule has 0 amide bonds. The van der Waals surface area contributed by atoms with E-state index in [1.807, 2.05) is 6.92 Å². The maximum Gasteiger partial charge on any atom is 0.127 e. The maximum absolute atomic E-state index is 6.19. The zero-order valence-electron chi connectivity index (χ0n) is 13.0. The van der Waals surface area contributed by atoms with Gasteiger partial charge in [0.25, 0.3) is 0 Å². The highest BCUT2D eigenvalue weighted by atomic mass is 79.9. The summed E-state index contributed by atoms with van der Waals surface area (Å²) in [6.45, 7) is 8.35. The van der Waals surface area contributed by atoms with Gasteiger partial charge in [-0.15, -0.1) is 0 Å². The molecule has 4 heteroatoms. The lowest BCUT2D eigenvalue weighted by atomic mass is 9.90. The van der Waals surface area contributed by atoms with Crippen molar-refractivity contribution in [2.45, 2.75) is 39.8 Å². The lowest BCUT2D eigenvalue weighted by Gasteiger charge is -2.32. The number of nitrogens with two attached hydrogens (primary N) is 1. The third-order valence-electron chi connectivity index (χ3n) is 3.76. The van der Waals surface area contributed by atoms with Gasteiger partial charge in [-0.25, -0.2) is 0 Å². The molecule has 0 radical (unpaired) electrons. The van der Waals surface area contributed by atoms with Crippen LogP contribution in [-0.2, 0) is 0 Å². The fraction of sp³-hybridized carbons (Fsp3) is 0.600. The average Bonchev–Trinajstić information content (AvgIpc) is 2.32. The van der Waals surface area contributed by atoms with Crippen molar-refractivity contribution >= 4 is 15.9 Å². The molecule has 3 nitrogen and oxygen atoms in total. The van der Waals surface area contributed by atoms with E-state index in [2.05, 4.69) is 55.7 Å². The lowest BCUT2D eigenvalue weighted by Crippen LogP contribution is -2.36. The average molecular weight is 329 g/mol. The van der Waals surface area contributed by atoms with Crippen LogP contribution in [0.5, 0.6) is 5.75 Å². The van der Waals surface area contributed by atoms with Gasteiger partial charge in [0.2, 0.25) is 0 Å². The molecule has 0 heterocycles. The van der Waals surface area contributed by atoms with E-state index in [0.717, 1.165) is 10.2 Å². The molecule has 1 aromatic rings. The number of likely N-dealkylation sites (N-methyl/N-ethyl adjacent to an activating group) is 1. The van der Waals surface area contributed by atoms with Gasteiger partial charge in [0.05, 0.1) is 13.2 Å². The van der Waals surface area contributed by atoms with Crippen LogP contribution in [0.2, 0.25) is 0 Å². The predicted octanol–water partition coefficient (Wildman–Crippen LogP) is 3.33. The zero-order chi connectivity index (χ0) is 14.9. The van der Waals surface area contributed by atoms with Gasteiger partial charge in [0, 0.05) is 16.1 Å². The topological polar surface area (TPSA) is 38.5 Å². The van der Waals surface area contributed by atoms with Crippen molar-refractivity contribution in [1.82, 2.24) is 4.90 Å². The molecule has 2 N–H and O–H groups in total. The third-order valence-corrected chi connectivity index (χ3v) is 4.95. The first-order chi connectivity index (χ1) is 8.73. The van der Waals surface area contributed by atoms with E-state index in [1.165, 1.54) is 22.3 Å². The van der Waals surface area contributed by atoms with Crippen LogP contribution in [0.4, 0.5) is 0 Å². The highest BCUT2D eigenvalue weighted by Crippen LogP contribution is 2.41. The van der Waals surface area contributed by atoms with Gasteiger partial charge in [0.15, 0.2) is 0 Å². The Morgan fingerprint density at radius 2 is 1.63 bits per heavy atom. The van der Waals surface area contributed by atoms with Crippen molar-refractivity contribution in [1.29, 1.82) is 0 Å². The van der Waals surface area contributed by atoms with Crippen molar-refractivity contribution in [3.05, 3.63) is 26.7 Å². The van der Waals surface area contributed by atoms with Gasteiger partial charge in [-0.1, -0.05) is 15.9 Å². The molecule has 0 aliphatic heterocycles. The quantitative estimate of drug-likeness (QED) is 0.921. The summed E-state index contributed by atoms with van der Waals surface area (Å²) < 4.78 is 6.82. The molecule has 0 aromatic heterocycles. The molecule has 0 fully saturated rings. The SMILES string of the molecule is COc1c(C)c(C)c(Br)c(C)c1C(C(C)N)N(C)C. The van der Waals surface area contributed by atoms with Crippen molar-refractivity contribution < 1.29 is 4.74 Å². The number of nitrogens with zero attached hydrogens (tertiary/aromatic N) is 1. The summed E-state index contributed by atoms with van der Waals surface area (Å²) in [5.41, 5.74) is 11.0. The van der Waals surface area contributed by atoms with Crippen LogP contribution in [-0.4, -0.2) is 32.1 Å². The van der Waals surface area contributed by atoms with Crippen LogP contribution >= 0.6 is 15.9 Å². The summed E-state index contributed by atoms with van der Waals surface area (Å²) in [6.07, 6.45) is 0. The van der Waals surface area contributed by atoms with Crippen molar-refractivity contribution in [3.8, 4) is 5.75 Å². The van der Waals surface area contributed by atoms with E-state index >= 15 is 0 Å². The van der Waals surface area contributed by atoms with E-state index in [1.54, 1.807) is 7.11 Å². The van der Waals surface area contributed by atoms with Crippen LogP contribution in [0.25, 0.3) is 0 Å². The molecule has 1 aromatic carbocycles. The largest absolute Gasteiger partial charge is 0.496 e. The van der Waals surface area contributed by atoms with Crippen LogP contribution in [0.15, 0.2) is 4.47 Å². The molecule has 0 saturated carbocycles. The fourth-order valence-corrected chi connectivity index (χ4v) is 3.23. The molecule has 108 valence electrons. The summed E-state index contributed by atoms with van der Waals surface area (Å²) in [5.74, 6) is 0.953. The smallest absolute Gasteiger partial charge is 0.127 e. The van der Waals surface area contributed by atoms with Crippen molar-refractivity contribution in [2.24, 2.45) is 5.73 Å². The van der Waals surface area contributed by atoms with E-state index in [4.69, 9.17) is 10.5 Å². The third kappa shape index (κ3) is 2.96. The van der Waals surface area contributed by atoms with Crippen LogP contribution in [0, 0.1) is 20.8 Å². The number of hydrogen-bond acceptors (Lipinski definition) is 3.